The first-order valence-corrected chi connectivity index (χ1v) is 9.50. The van der Waals surface area contributed by atoms with Crippen LogP contribution in [0.1, 0.15) is 21.0 Å². The number of hydrogen-bond donors (Lipinski definition) is 2. The van der Waals surface area contributed by atoms with Crippen molar-refractivity contribution in [2.75, 3.05) is 0 Å². The number of rotatable bonds is 5. The number of carbonyl (C=O) groups is 1. The van der Waals surface area contributed by atoms with Crippen LogP contribution < -0.4 is 10.9 Å². The molecule has 1 aromatic carbocycles. The molecule has 0 saturated heterocycles. The smallest absolute Gasteiger partial charge is 0.262 e. The summed E-state index contributed by atoms with van der Waals surface area (Å²) in [6, 6.07) is 12.4. The van der Waals surface area contributed by atoms with Crippen LogP contribution >= 0.6 is 23.6 Å². The number of nitrogens with zero attached hydrogens (tertiary/aromatic N) is 1. The number of hydrogen-bond acceptors (Lipinski definition) is 5. The highest BCUT2D eigenvalue weighted by Crippen LogP contribution is 2.13. The topological polar surface area (TPSA) is 80.0 Å². The first kappa shape index (κ1) is 17.4. The molecule has 8 heteroatoms. The van der Waals surface area contributed by atoms with Gasteiger partial charge in [0.1, 0.15) is 5.76 Å². The van der Waals surface area contributed by atoms with E-state index < -0.39 is 0 Å². The van der Waals surface area contributed by atoms with E-state index in [0.717, 1.165) is 4.88 Å². The highest BCUT2D eigenvalue weighted by Gasteiger charge is 2.11. The molecule has 0 bridgehead atoms. The Morgan fingerprint density at radius 2 is 2.15 bits per heavy atom. The summed E-state index contributed by atoms with van der Waals surface area (Å²) in [5.41, 5.74) is 0.771. The third-order valence-corrected chi connectivity index (χ3v) is 5.34. The van der Waals surface area contributed by atoms with Crippen LogP contribution in [-0.2, 0) is 13.1 Å². The number of amides is 1. The molecule has 1 amide bonds. The molecule has 0 radical (unpaired) electrons. The molecular formula is C19H15N3O3S2. The van der Waals surface area contributed by atoms with Crippen LogP contribution in [0.15, 0.2) is 63.3 Å². The molecule has 4 aromatic rings. The van der Waals surface area contributed by atoms with Gasteiger partial charge in [0.25, 0.3) is 11.5 Å². The van der Waals surface area contributed by atoms with Gasteiger partial charge in [0.15, 0.2) is 4.77 Å². The molecule has 0 aliphatic carbocycles. The second kappa shape index (κ2) is 7.34. The van der Waals surface area contributed by atoms with Gasteiger partial charge in [0.2, 0.25) is 0 Å². The molecular weight excluding hydrogens is 382 g/mol. The maximum Gasteiger partial charge on any atom is 0.262 e. The lowest BCUT2D eigenvalue weighted by Crippen LogP contribution is -2.24. The van der Waals surface area contributed by atoms with Crippen LogP contribution in [0, 0.1) is 4.77 Å². The molecule has 6 nitrogen and oxygen atoms in total. The van der Waals surface area contributed by atoms with E-state index in [4.69, 9.17) is 16.6 Å². The van der Waals surface area contributed by atoms with Crippen molar-refractivity contribution in [2.24, 2.45) is 0 Å². The van der Waals surface area contributed by atoms with Gasteiger partial charge in [-0.3, -0.25) is 14.2 Å². The number of fused-ring (bicyclic) bond motifs is 1. The Bertz CT molecular complexity index is 1210. The van der Waals surface area contributed by atoms with E-state index in [2.05, 4.69) is 10.3 Å². The summed E-state index contributed by atoms with van der Waals surface area (Å²) in [7, 11) is 0. The minimum atomic E-state index is -0.226. The zero-order valence-corrected chi connectivity index (χ0v) is 15.7. The number of H-pyrrole nitrogens is 1. The number of aromatic nitrogens is 2. The van der Waals surface area contributed by atoms with Crippen molar-refractivity contribution in [1.29, 1.82) is 0 Å². The first-order valence-electron chi connectivity index (χ1n) is 8.21. The lowest BCUT2D eigenvalue weighted by Gasteiger charge is -2.08. The molecule has 3 heterocycles. The Kier molecular flexibility index (Phi) is 4.74. The van der Waals surface area contributed by atoms with E-state index in [9.17, 15) is 9.59 Å². The second-order valence-corrected chi connectivity index (χ2v) is 7.34. The van der Waals surface area contributed by atoms with Gasteiger partial charge in [-0.05, 0) is 54.0 Å². The summed E-state index contributed by atoms with van der Waals surface area (Å²) in [6.45, 7) is 0.718. The molecule has 0 atom stereocenters. The Labute approximate surface area is 163 Å². The molecule has 0 saturated carbocycles. The predicted molar refractivity (Wildman–Crippen MR) is 107 cm³/mol. The van der Waals surface area contributed by atoms with E-state index in [1.807, 2.05) is 17.5 Å². The molecule has 2 N–H and O–H groups in total. The zero-order chi connectivity index (χ0) is 18.8. The second-order valence-electron chi connectivity index (χ2n) is 5.92. The fourth-order valence-electron chi connectivity index (χ4n) is 2.78. The number of carbonyl (C=O) groups excluding carboxylic acids is 1. The molecule has 0 unspecified atom stereocenters. The van der Waals surface area contributed by atoms with E-state index in [0.29, 0.717) is 28.8 Å². The van der Waals surface area contributed by atoms with Crippen molar-refractivity contribution in [1.82, 2.24) is 14.9 Å². The molecule has 0 spiro atoms. The van der Waals surface area contributed by atoms with Crippen molar-refractivity contribution in [3.05, 3.63) is 85.4 Å². The van der Waals surface area contributed by atoms with Crippen LogP contribution in [0.5, 0.6) is 0 Å². The lowest BCUT2D eigenvalue weighted by atomic mass is 10.1. The summed E-state index contributed by atoms with van der Waals surface area (Å²) in [4.78, 5) is 29.3. The summed E-state index contributed by atoms with van der Waals surface area (Å²) < 4.78 is 7.01. The van der Waals surface area contributed by atoms with Crippen molar-refractivity contribution >= 4 is 40.4 Å². The minimum Gasteiger partial charge on any atom is -0.467 e. The summed E-state index contributed by atoms with van der Waals surface area (Å²) in [5, 5.41) is 5.30. The quantitative estimate of drug-likeness (QED) is 0.503. The normalized spacial score (nSPS) is 11.0. The van der Waals surface area contributed by atoms with Gasteiger partial charge in [-0.25, -0.2) is 0 Å². The molecule has 0 aliphatic rings. The maximum absolute atomic E-state index is 12.8. The van der Waals surface area contributed by atoms with Crippen molar-refractivity contribution in [3.63, 3.8) is 0 Å². The number of aromatic amines is 1. The third kappa shape index (κ3) is 3.62. The number of furan rings is 1. The van der Waals surface area contributed by atoms with E-state index in [1.54, 1.807) is 47.9 Å². The molecule has 0 fully saturated rings. The van der Waals surface area contributed by atoms with Gasteiger partial charge in [0.05, 0.1) is 30.3 Å². The number of thiophene rings is 1. The zero-order valence-electron chi connectivity index (χ0n) is 14.1. The lowest BCUT2D eigenvalue weighted by molar-refractivity contribution is 0.0951. The van der Waals surface area contributed by atoms with E-state index in [1.165, 1.54) is 4.57 Å². The standard InChI is InChI=1S/C19H15N3O3S2/c23-17(20-10-14-4-2-8-27-14)12-5-6-15-16(9-12)21-19(26)22(18(15)24)11-13-3-1-7-25-13/h1-9H,10-11H2,(H,20,23)(H,21,26). The molecule has 4 rings (SSSR count). The van der Waals surface area contributed by atoms with Crippen LogP contribution in [0.2, 0.25) is 0 Å². The Morgan fingerprint density at radius 1 is 1.26 bits per heavy atom. The SMILES string of the molecule is O=C(NCc1cccs1)c1ccc2c(=O)n(Cc3ccco3)c(=S)[nH]c2c1. The molecule has 0 aliphatic heterocycles. The van der Waals surface area contributed by atoms with Crippen molar-refractivity contribution in [2.45, 2.75) is 13.1 Å². The van der Waals surface area contributed by atoms with Gasteiger partial charge in [-0.2, -0.15) is 0 Å². The third-order valence-electron chi connectivity index (χ3n) is 4.14. The molecule has 27 heavy (non-hydrogen) atoms. The van der Waals surface area contributed by atoms with E-state index in [-0.39, 0.29) is 22.8 Å². The highest BCUT2D eigenvalue weighted by molar-refractivity contribution is 7.71. The average Bonchev–Trinajstić information content (AvgIpc) is 3.36. The predicted octanol–water partition coefficient (Wildman–Crippen LogP) is 3.69. The fourth-order valence-corrected chi connectivity index (χ4v) is 3.68. The average molecular weight is 397 g/mol. The molecule has 3 aromatic heterocycles. The van der Waals surface area contributed by atoms with Crippen LogP contribution in [0.4, 0.5) is 0 Å². The van der Waals surface area contributed by atoms with Crippen LogP contribution in [0.25, 0.3) is 10.9 Å². The summed E-state index contributed by atoms with van der Waals surface area (Å²) in [5.74, 6) is 0.435. The van der Waals surface area contributed by atoms with Gasteiger partial charge >= 0.3 is 0 Å². The van der Waals surface area contributed by atoms with Crippen molar-refractivity contribution in [3.8, 4) is 0 Å². The summed E-state index contributed by atoms with van der Waals surface area (Å²) >= 11 is 6.90. The Morgan fingerprint density at radius 3 is 2.89 bits per heavy atom. The summed E-state index contributed by atoms with van der Waals surface area (Å²) in [6.07, 6.45) is 1.55. The van der Waals surface area contributed by atoms with Gasteiger partial charge in [-0.1, -0.05) is 6.07 Å². The number of benzene rings is 1. The highest BCUT2D eigenvalue weighted by atomic mass is 32.1. The fraction of sp³-hybridized carbons (Fsp3) is 0.105. The molecule has 136 valence electrons. The number of nitrogens with one attached hydrogen (secondary N) is 2. The van der Waals surface area contributed by atoms with Crippen LogP contribution in [-0.4, -0.2) is 15.5 Å². The first-order chi connectivity index (χ1) is 13.1. The Hall–Kier alpha value is -2.97. The van der Waals surface area contributed by atoms with Crippen LogP contribution in [0.3, 0.4) is 0 Å². The van der Waals surface area contributed by atoms with E-state index >= 15 is 0 Å². The largest absolute Gasteiger partial charge is 0.467 e. The van der Waals surface area contributed by atoms with Crippen molar-refractivity contribution < 1.29 is 9.21 Å². The monoisotopic (exact) mass is 397 g/mol. The van der Waals surface area contributed by atoms with Gasteiger partial charge in [0, 0.05) is 10.4 Å². The Balaban J connectivity index is 1.64. The maximum atomic E-state index is 12.8. The minimum absolute atomic E-state index is 0.204. The van der Waals surface area contributed by atoms with Gasteiger partial charge in [-0.15, -0.1) is 11.3 Å². The van der Waals surface area contributed by atoms with Gasteiger partial charge < -0.3 is 14.7 Å².